The summed E-state index contributed by atoms with van der Waals surface area (Å²) in [6.45, 7) is 3.29. The van der Waals surface area contributed by atoms with E-state index in [-0.39, 0.29) is 18.4 Å². The number of furan rings is 1. The van der Waals surface area contributed by atoms with E-state index in [1.165, 1.54) is 12.0 Å². The summed E-state index contributed by atoms with van der Waals surface area (Å²) in [5, 5.41) is 0. The number of nitrogens with zero attached hydrogens (tertiary/aromatic N) is 2. The number of hydrogen-bond acceptors (Lipinski definition) is 5. The number of piperidine rings is 1. The molecule has 0 N–H and O–H groups in total. The van der Waals surface area contributed by atoms with Crippen molar-refractivity contribution in [2.24, 2.45) is 0 Å². The van der Waals surface area contributed by atoms with Gasteiger partial charge in [0.25, 0.3) is 5.91 Å². The number of methoxy groups -OCH3 is 1. The van der Waals surface area contributed by atoms with E-state index in [0.717, 1.165) is 24.9 Å². The number of hydrogen-bond donors (Lipinski definition) is 0. The van der Waals surface area contributed by atoms with Gasteiger partial charge in [0.15, 0.2) is 0 Å². The Bertz CT molecular complexity index is 900. The Morgan fingerprint density at radius 2 is 1.93 bits per heavy atom. The highest BCUT2D eigenvalue weighted by atomic mass is 16.5. The largest absolute Gasteiger partial charge is 0.465 e. The zero-order valence-corrected chi connectivity index (χ0v) is 17.1. The maximum Gasteiger partial charge on any atom is 0.341 e. The summed E-state index contributed by atoms with van der Waals surface area (Å²) in [6.07, 6.45) is 2.62. The van der Waals surface area contributed by atoms with Gasteiger partial charge < -0.3 is 19.0 Å². The van der Waals surface area contributed by atoms with Crippen molar-refractivity contribution in [2.75, 3.05) is 20.7 Å². The van der Waals surface area contributed by atoms with Gasteiger partial charge in [-0.25, -0.2) is 4.79 Å². The average Bonchev–Trinajstić information content (AvgIpc) is 3.09. The number of esters is 1. The number of ether oxygens (including phenoxy) is 1. The molecule has 2 heterocycles. The molecule has 0 bridgehead atoms. The first-order valence-corrected chi connectivity index (χ1v) is 9.69. The third-order valence-electron chi connectivity index (χ3n) is 5.11. The van der Waals surface area contributed by atoms with Crippen LogP contribution in [0.5, 0.6) is 0 Å². The predicted octanol–water partition coefficient (Wildman–Crippen LogP) is 3.16. The summed E-state index contributed by atoms with van der Waals surface area (Å²) in [7, 11) is 2.99. The first-order chi connectivity index (χ1) is 13.9. The Labute approximate surface area is 170 Å². The van der Waals surface area contributed by atoms with Crippen molar-refractivity contribution in [3.05, 3.63) is 58.5 Å². The van der Waals surface area contributed by atoms with E-state index in [4.69, 9.17) is 9.15 Å². The van der Waals surface area contributed by atoms with Crippen LogP contribution in [0.2, 0.25) is 0 Å². The Morgan fingerprint density at radius 1 is 1.21 bits per heavy atom. The molecule has 7 heteroatoms. The van der Waals surface area contributed by atoms with Crippen LogP contribution in [0.25, 0.3) is 0 Å². The third-order valence-corrected chi connectivity index (χ3v) is 5.11. The molecule has 1 aromatic carbocycles. The summed E-state index contributed by atoms with van der Waals surface area (Å²) in [5.74, 6) is 0.549. The maximum atomic E-state index is 12.7. The second-order valence-electron chi connectivity index (χ2n) is 7.30. The minimum absolute atomic E-state index is 0.153. The fraction of sp³-hybridized carbons (Fsp3) is 0.409. The smallest absolute Gasteiger partial charge is 0.341 e. The molecule has 1 aromatic heterocycles. The third kappa shape index (κ3) is 4.85. The number of carbonyl (C=O) groups is 3. The lowest BCUT2D eigenvalue weighted by atomic mass is 10.1. The molecule has 0 unspecified atom stereocenters. The molecule has 29 heavy (non-hydrogen) atoms. The van der Waals surface area contributed by atoms with E-state index in [1.807, 2.05) is 17.0 Å². The molecule has 1 aliphatic heterocycles. The molecular weight excluding hydrogens is 372 g/mol. The van der Waals surface area contributed by atoms with Crippen molar-refractivity contribution < 1.29 is 23.5 Å². The summed E-state index contributed by atoms with van der Waals surface area (Å²) >= 11 is 0. The van der Waals surface area contributed by atoms with Crippen molar-refractivity contribution >= 4 is 17.8 Å². The van der Waals surface area contributed by atoms with Crippen LogP contribution in [0.1, 0.15) is 57.1 Å². The van der Waals surface area contributed by atoms with Gasteiger partial charge in [0.05, 0.1) is 13.7 Å². The molecule has 1 saturated heterocycles. The minimum Gasteiger partial charge on any atom is -0.465 e. The first-order valence-electron chi connectivity index (χ1n) is 9.69. The quantitative estimate of drug-likeness (QED) is 0.699. The van der Waals surface area contributed by atoms with Crippen molar-refractivity contribution in [2.45, 2.75) is 39.3 Å². The van der Waals surface area contributed by atoms with Crippen molar-refractivity contribution in [3.8, 4) is 0 Å². The molecule has 2 aromatic rings. The van der Waals surface area contributed by atoms with E-state index >= 15 is 0 Å². The van der Waals surface area contributed by atoms with E-state index < -0.39 is 5.97 Å². The van der Waals surface area contributed by atoms with Gasteiger partial charge in [0.1, 0.15) is 17.1 Å². The van der Waals surface area contributed by atoms with E-state index in [9.17, 15) is 14.4 Å². The number of carbonyl (C=O) groups excluding carboxylic acids is 3. The molecular formula is C22H26N2O5. The lowest BCUT2D eigenvalue weighted by molar-refractivity contribution is -0.133. The molecule has 0 radical (unpaired) electrons. The SMILES string of the molecule is COC(=O)c1cc(CN(C)C(=O)c2ccc(CN3CCCCC3=O)cc2)oc1C. The fourth-order valence-electron chi connectivity index (χ4n) is 3.46. The van der Waals surface area contributed by atoms with Crippen LogP contribution in [0.15, 0.2) is 34.7 Å². The van der Waals surface area contributed by atoms with Crippen molar-refractivity contribution in [1.82, 2.24) is 9.80 Å². The highest BCUT2D eigenvalue weighted by molar-refractivity contribution is 5.94. The summed E-state index contributed by atoms with van der Waals surface area (Å²) < 4.78 is 10.3. The predicted molar refractivity (Wildman–Crippen MR) is 106 cm³/mol. The molecule has 2 amide bonds. The lowest BCUT2D eigenvalue weighted by Crippen LogP contribution is -2.34. The Balaban J connectivity index is 1.62. The van der Waals surface area contributed by atoms with Crippen molar-refractivity contribution in [1.29, 1.82) is 0 Å². The second kappa shape index (κ2) is 8.94. The van der Waals surface area contributed by atoms with Gasteiger partial charge in [-0.05, 0) is 43.5 Å². The topological polar surface area (TPSA) is 80.1 Å². The van der Waals surface area contributed by atoms with Gasteiger partial charge in [-0.15, -0.1) is 0 Å². The monoisotopic (exact) mass is 398 g/mol. The number of amides is 2. The molecule has 0 spiro atoms. The van der Waals surface area contributed by atoms with Gasteiger partial charge >= 0.3 is 5.97 Å². The Kier molecular flexibility index (Phi) is 6.36. The number of benzene rings is 1. The highest BCUT2D eigenvalue weighted by Gasteiger charge is 2.20. The van der Waals surface area contributed by atoms with Crippen LogP contribution in [0.3, 0.4) is 0 Å². The van der Waals surface area contributed by atoms with Crippen LogP contribution in [-0.2, 0) is 22.6 Å². The maximum absolute atomic E-state index is 12.7. The van der Waals surface area contributed by atoms with Gasteiger partial charge in [-0.1, -0.05) is 12.1 Å². The van der Waals surface area contributed by atoms with Crippen LogP contribution in [-0.4, -0.2) is 48.3 Å². The molecule has 0 atom stereocenters. The van der Waals surface area contributed by atoms with Crippen molar-refractivity contribution in [3.63, 3.8) is 0 Å². The summed E-state index contributed by atoms with van der Waals surface area (Å²) in [4.78, 5) is 39.8. The van der Waals surface area contributed by atoms with Crippen LogP contribution in [0, 0.1) is 6.92 Å². The van der Waals surface area contributed by atoms with Gasteiger partial charge in [0, 0.05) is 32.1 Å². The normalized spacial score (nSPS) is 14.0. The van der Waals surface area contributed by atoms with Gasteiger partial charge in [0.2, 0.25) is 5.91 Å². The summed E-state index contributed by atoms with van der Waals surface area (Å²) in [5.41, 5.74) is 1.92. The minimum atomic E-state index is -0.464. The van der Waals surface area contributed by atoms with E-state index in [1.54, 1.807) is 32.2 Å². The zero-order valence-electron chi connectivity index (χ0n) is 17.1. The Morgan fingerprint density at radius 3 is 2.59 bits per heavy atom. The molecule has 0 saturated carbocycles. The Hall–Kier alpha value is -3.09. The van der Waals surface area contributed by atoms with E-state index in [0.29, 0.717) is 35.6 Å². The molecule has 3 rings (SSSR count). The summed E-state index contributed by atoms with van der Waals surface area (Å²) in [6, 6.07) is 8.92. The van der Waals surface area contributed by atoms with Crippen LogP contribution < -0.4 is 0 Å². The number of rotatable bonds is 6. The van der Waals surface area contributed by atoms with Crippen LogP contribution in [0.4, 0.5) is 0 Å². The zero-order chi connectivity index (χ0) is 21.0. The highest BCUT2D eigenvalue weighted by Crippen LogP contribution is 2.19. The fourth-order valence-corrected chi connectivity index (χ4v) is 3.46. The first kappa shape index (κ1) is 20.6. The van der Waals surface area contributed by atoms with Gasteiger partial charge in [-0.2, -0.15) is 0 Å². The van der Waals surface area contributed by atoms with Gasteiger partial charge in [-0.3, -0.25) is 9.59 Å². The van der Waals surface area contributed by atoms with E-state index in [2.05, 4.69) is 0 Å². The molecule has 0 aliphatic carbocycles. The lowest BCUT2D eigenvalue weighted by Gasteiger charge is -2.26. The molecule has 1 fully saturated rings. The second-order valence-corrected chi connectivity index (χ2v) is 7.30. The molecule has 154 valence electrons. The molecule has 7 nitrogen and oxygen atoms in total. The average molecular weight is 398 g/mol. The number of likely N-dealkylation sites (tertiary alicyclic amines) is 1. The standard InChI is InChI=1S/C22H26N2O5/c1-15-19(22(27)28-3)12-18(29-15)14-23(2)21(26)17-9-7-16(8-10-17)13-24-11-5-4-6-20(24)25/h7-10,12H,4-6,11,13-14H2,1-3H3. The number of aryl methyl sites for hydroxylation is 1. The molecule has 1 aliphatic rings. The van der Waals surface area contributed by atoms with Crippen LogP contribution >= 0.6 is 0 Å².